The Labute approximate surface area is 160 Å². The van der Waals surface area contributed by atoms with Crippen molar-refractivity contribution in [2.75, 3.05) is 6.54 Å². The van der Waals surface area contributed by atoms with Gasteiger partial charge in [0, 0.05) is 17.1 Å². The summed E-state index contributed by atoms with van der Waals surface area (Å²) in [6.45, 7) is 2.50. The maximum Gasteiger partial charge on any atom is 0.257 e. The molecule has 1 aliphatic rings. The summed E-state index contributed by atoms with van der Waals surface area (Å²) in [6, 6.07) is 11.4. The molecule has 0 spiro atoms. The fourth-order valence-electron chi connectivity index (χ4n) is 3.27. The number of carbonyl (C=O) groups is 1. The van der Waals surface area contributed by atoms with Crippen molar-refractivity contribution in [1.82, 2.24) is 15.0 Å². The minimum absolute atomic E-state index is 0.0485. The van der Waals surface area contributed by atoms with Crippen LogP contribution in [0.3, 0.4) is 0 Å². The summed E-state index contributed by atoms with van der Waals surface area (Å²) in [4.78, 5) is 18.9. The van der Waals surface area contributed by atoms with Crippen molar-refractivity contribution in [3.63, 3.8) is 0 Å². The molecule has 0 N–H and O–H groups in total. The molecular formula is C20H17ClFN3O2. The number of aromatic nitrogens is 2. The van der Waals surface area contributed by atoms with Crippen molar-refractivity contribution in [2.45, 2.75) is 25.8 Å². The summed E-state index contributed by atoms with van der Waals surface area (Å²) >= 11 is 5.92. The molecule has 1 unspecified atom stereocenters. The summed E-state index contributed by atoms with van der Waals surface area (Å²) in [5.74, 6) is -0.189. The van der Waals surface area contributed by atoms with Gasteiger partial charge >= 0.3 is 0 Å². The molecule has 3 aromatic rings. The lowest BCUT2D eigenvalue weighted by Crippen LogP contribution is -2.31. The van der Waals surface area contributed by atoms with Crippen LogP contribution in [-0.2, 0) is 0 Å². The van der Waals surface area contributed by atoms with Crippen molar-refractivity contribution < 1.29 is 13.7 Å². The van der Waals surface area contributed by atoms with E-state index in [0.29, 0.717) is 29.7 Å². The predicted octanol–water partition coefficient (Wildman–Crippen LogP) is 4.81. The van der Waals surface area contributed by atoms with Crippen molar-refractivity contribution >= 4 is 17.5 Å². The van der Waals surface area contributed by atoms with Gasteiger partial charge < -0.3 is 9.42 Å². The molecule has 27 heavy (non-hydrogen) atoms. The number of nitrogens with zero attached hydrogens (tertiary/aromatic N) is 3. The lowest BCUT2D eigenvalue weighted by molar-refractivity contribution is 0.0705. The Kier molecular flexibility index (Phi) is 4.66. The van der Waals surface area contributed by atoms with Gasteiger partial charge in [0.2, 0.25) is 11.7 Å². The highest BCUT2D eigenvalue weighted by atomic mass is 35.5. The third-order valence-electron chi connectivity index (χ3n) is 4.71. The summed E-state index contributed by atoms with van der Waals surface area (Å²) in [5.41, 5.74) is 1.93. The normalized spacial score (nSPS) is 16.7. The molecule has 1 aliphatic heterocycles. The van der Waals surface area contributed by atoms with Gasteiger partial charge in [-0.15, -0.1) is 0 Å². The summed E-state index contributed by atoms with van der Waals surface area (Å²) in [6.07, 6.45) is 1.46. The van der Waals surface area contributed by atoms with E-state index in [0.717, 1.165) is 17.5 Å². The number of likely N-dealkylation sites (tertiary alicyclic amines) is 1. The number of hydrogen-bond donors (Lipinski definition) is 0. The van der Waals surface area contributed by atoms with Gasteiger partial charge in [-0.05, 0) is 38.0 Å². The molecule has 0 bridgehead atoms. The fourth-order valence-corrected chi connectivity index (χ4v) is 3.45. The maximum absolute atomic E-state index is 14.1. The summed E-state index contributed by atoms with van der Waals surface area (Å²) < 4.78 is 19.5. The second-order valence-corrected chi connectivity index (χ2v) is 7.04. The van der Waals surface area contributed by atoms with E-state index in [2.05, 4.69) is 10.1 Å². The Morgan fingerprint density at radius 3 is 2.81 bits per heavy atom. The standard InChI is InChI=1S/C20H17ClFN3O2/c1-12-4-6-13(7-5-12)18-23-19(27-24-18)17-3-2-10-25(17)20(26)15-11-14(21)8-9-16(15)22/h4-9,11,17H,2-3,10H2,1H3. The van der Waals surface area contributed by atoms with E-state index in [1.807, 2.05) is 31.2 Å². The van der Waals surface area contributed by atoms with Crippen molar-refractivity contribution in [1.29, 1.82) is 0 Å². The molecule has 1 amide bonds. The Morgan fingerprint density at radius 2 is 2.04 bits per heavy atom. The quantitative estimate of drug-likeness (QED) is 0.648. The number of rotatable bonds is 3. The van der Waals surface area contributed by atoms with Crippen LogP contribution in [0.5, 0.6) is 0 Å². The van der Waals surface area contributed by atoms with Crippen LogP contribution in [-0.4, -0.2) is 27.5 Å². The first-order valence-corrected chi connectivity index (χ1v) is 9.07. The van der Waals surface area contributed by atoms with Crippen LogP contribution in [0.15, 0.2) is 47.0 Å². The second kappa shape index (κ2) is 7.12. The van der Waals surface area contributed by atoms with Crippen LogP contribution in [0.1, 0.15) is 40.7 Å². The molecule has 0 radical (unpaired) electrons. The third-order valence-corrected chi connectivity index (χ3v) is 4.94. The Balaban J connectivity index is 1.61. The number of halogens is 2. The van der Waals surface area contributed by atoms with E-state index in [4.69, 9.17) is 16.1 Å². The minimum Gasteiger partial charge on any atom is -0.337 e. The van der Waals surface area contributed by atoms with E-state index in [1.165, 1.54) is 18.2 Å². The van der Waals surface area contributed by atoms with Crippen LogP contribution in [0.2, 0.25) is 5.02 Å². The largest absolute Gasteiger partial charge is 0.337 e. The molecule has 0 saturated carbocycles. The average molecular weight is 386 g/mol. The molecule has 0 aliphatic carbocycles. The third kappa shape index (κ3) is 3.45. The molecule has 1 aromatic heterocycles. The van der Waals surface area contributed by atoms with Gasteiger partial charge in [-0.25, -0.2) is 4.39 Å². The first-order chi connectivity index (χ1) is 13.0. The summed E-state index contributed by atoms with van der Waals surface area (Å²) in [5, 5.41) is 4.35. The van der Waals surface area contributed by atoms with Gasteiger partial charge in [-0.1, -0.05) is 46.6 Å². The van der Waals surface area contributed by atoms with Crippen molar-refractivity contribution in [3.05, 3.63) is 70.3 Å². The van der Waals surface area contributed by atoms with Crippen LogP contribution < -0.4 is 0 Å². The molecule has 2 heterocycles. The van der Waals surface area contributed by atoms with Crippen molar-refractivity contribution in [2.24, 2.45) is 0 Å². The van der Waals surface area contributed by atoms with Gasteiger partial charge in [-0.3, -0.25) is 4.79 Å². The molecule has 5 nitrogen and oxygen atoms in total. The van der Waals surface area contributed by atoms with E-state index < -0.39 is 11.7 Å². The highest BCUT2D eigenvalue weighted by Gasteiger charge is 2.35. The van der Waals surface area contributed by atoms with Crippen LogP contribution in [0, 0.1) is 12.7 Å². The maximum atomic E-state index is 14.1. The molecular weight excluding hydrogens is 369 g/mol. The van der Waals surface area contributed by atoms with Gasteiger partial charge in [0.05, 0.1) is 5.56 Å². The lowest BCUT2D eigenvalue weighted by Gasteiger charge is -2.22. The van der Waals surface area contributed by atoms with Crippen LogP contribution in [0.4, 0.5) is 4.39 Å². The first-order valence-electron chi connectivity index (χ1n) is 8.69. The zero-order valence-corrected chi connectivity index (χ0v) is 15.4. The second-order valence-electron chi connectivity index (χ2n) is 6.60. The fraction of sp³-hybridized carbons (Fsp3) is 0.250. The number of aryl methyl sites for hydroxylation is 1. The topological polar surface area (TPSA) is 59.2 Å². The van der Waals surface area contributed by atoms with Gasteiger partial charge in [0.15, 0.2) is 0 Å². The Hall–Kier alpha value is -2.73. The highest BCUT2D eigenvalue weighted by molar-refractivity contribution is 6.31. The molecule has 1 saturated heterocycles. The molecule has 1 atom stereocenters. The minimum atomic E-state index is -0.596. The van der Waals surface area contributed by atoms with E-state index in [9.17, 15) is 9.18 Å². The number of amides is 1. The average Bonchev–Trinajstić information content (AvgIpc) is 3.32. The molecule has 4 rings (SSSR count). The monoisotopic (exact) mass is 385 g/mol. The number of benzene rings is 2. The zero-order chi connectivity index (χ0) is 19.0. The van der Waals surface area contributed by atoms with Crippen LogP contribution >= 0.6 is 11.6 Å². The predicted molar refractivity (Wildman–Crippen MR) is 98.9 cm³/mol. The molecule has 7 heteroatoms. The number of hydrogen-bond acceptors (Lipinski definition) is 4. The molecule has 2 aromatic carbocycles. The van der Waals surface area contributed by atoms with Gasteiger partial charge in [-0.2, -0.15) is 4.98 Å². The molecule has 1 fully saturated rings. The summed E-state index contributed by atoms with van der Waals surface area (Å²) in [7, 11) is 0. The van der Waals surface area contributed by atoms with Crippen molar-refractivity contribution in [3.8, 4) is 11.4 Å². The van der Waals surface area contributed by atoms with E-state index >= 15 is 0 Å². The number of carbonyl (C=O) groups excluding carboxylic acids is 1. The SMILES string of the molecule is Cc1ccc(-c2noc(C3CCCN3C(=O)c3cc(Cl)ccc3F)n2)cc1. The lowest BCUT2D eigenvalue weighted by atomic mass is 10.1. The van der Waals surface area contributed by atoms with Gasteiger partial charge in [0.25, 0.3) is 5.91 Å². The van der Waals surface area contributed by atoms with Gasteiger partial charge in [0.1, 0.15) is 11.9 Å². The van der Waals surface area contributed by atoms with Crippen LogP contribution in [0.25, 0.3) is 11.4 Å². The Bertz CT molecular complexity index is 987. The van der Waals surface area contributed by atoms with E-state index in [1.54, 1.807) is 4.90 Å². The first kappa shape index (κ1) is 17.7. The Morgan fingerprint density at radius 1 is 1.26 bits per heavy atom. The zero-order valence-electron chi connectivity index (χ0n) is 14.7. The molecule has 138 valence electrons. The highest BCUT2D eigenvalue weighted by Crippen LogP contribution is 2.34. The smallest absolute Gasteiger partial charge is 0.257 e. The van der Waals surface area contributed by atoms with E-state index in [-0.39, 0.29) is 11.6 Å².